The Morgan fingerprint density at radius 1 is 1.35 bits per heavy atom. The first-order chi connectivity index (χ1) is 9.42. The van der Waals surface area contributed by atoms with Crippen molar-refractivity contribution in [3.8, 4) is 0 Å². The van der Waals surface area contributed by atoms with Crippen LogP contribution in [0.15, 0.2) is 39.6 Å². The van der Waals surface area contributed by atoms with Crippen LogP contribution < -0.4 is 4.72 Å². The average Bonchev–Trinajstić information content (AvgIpc) is 2.79. The Morgan fingerprint density at radius 2 is 2.10 bits per heavy atom. The van der Waals surface area contributed by atoms with Crippen molar-refractivity contribution >= 4 is 10.0 Å². The number of hydrogen-bond acceptors (Lipinski definition) is 4. The number of halogens is 1. The maximum atomic E-state index is 13.0. The second kappa shape index (κ2) is 5.74. The van der Waals surface area contributed by atoms with Gasteiger partial charge in [-0.15, -0.1) is 0 Å². The van der Waals surface area contributed by atoms with Crippen molar-refractivity contribution in [1.82, 2.24) is 4.72 Å². The van der Waals surface area contributed by atoms with E-state index in [0.717, 1.165) is 0 Å². The summed E-state index contributed by atoms with van der Waals surface area (Å²) in [6.45, 7) is 1.09. The molecule has 108 valence electrons. The highest BCUT2D eigenvalue weighted by Crippen LogP contribution is 2.20. The van der Waals surface area contributed by atoms with Crippen LogP contribution in [0, 0.1) is 12.7 Å². The number of furan rings is 1. The fraction of sp³-hybridized carbons (Fsp3) is 0.231. The molecule has 20 heavy (non-hydrogen) atoms. The predicted molar refractivity (Wildman–Crippen MR) is 69.8 cm³/mol. The van der Waals surface area contributed by atoms with Crippen molar-refractivity contribution in [1.29, 1.82) is 0 Å². The standard InChI is InChI=1S/C13H14FNO4S/c1-9-13(6-12(8-16)19-9)20(17,18)15-7-10-3-2-4-11(14)5-10/h2-6,15-16H,7-8H2,1H3. The van der Waals surface area contributed by atoms with Gasteiger partial charge < -0.3 is 9.52 Å². The lowest BCUT2D eigenvalue weighted by Gasteiger charge is -2.05. The molecule has 1 aromatic carbocycles. The van der Waals surface area contributed by atoms with Crippen molar-refractivity contribution in [2.24, 2.45) is 0 Å². The zero-order valence-electron chi connectivity index (χ0n) is 10.8. The SMILES string of the molecule is Cc1oc(CO)cc1S(=O)(=O)NCc1cccc(F)c1. The highest BCUT2D eigenvalue weighted by atomic mass is 32.2. The van der Waals surface area contributed by atoms with Gasteiger partial charge in [-0.25, -0.2) is 17.5 Å². The number of aryl methyl sites for hydroxylation is 1. The smallest absolute Gasteiger partial charge is 0.244 e. The second-order valence-corrected chi connectivity index (χ2v) is 5.98. The third kappa shape index (κ3) is 3.24. The summed E-state index contributed by atoms with van der Waals surface area (Å²) in [5, 5.41) is 8.93. The topological polar surface area (TPSA) is 79.5 Å². The molecule has 0 bridgehead atoms. The van der Waals surface area contributed by atoms with E-state index in [1.54, 1.807) is 6.07 Å². The van der Waals surface area contributed by atoms with Crippen LogP contribution in [0.25, 0.3) is 0 Å². The largest absolute Gasteiger partial charge is 0.462 e. The van der Waals surface area contributed by atoms with Gasteiger partial charge in [0.05, 0.1) is 0 Å². The molecule has 7 heteroatoms. The van der Waals surface area contributed by atoms with Crippen molar-refractivity contribution in [2.75, 3.05) is 0 Å². The van der Waals surface area contributed by atoms with Crippen molar-refractivity contribution in [3.05, 3.63) is 53.2 Å². The van der Waals surface area contributed by atoms with Crippen molar-refractivity contribution in [2.45, 2.75) is 25.0 Å². The van der Waals surface area contributed by atoms with E-state index in [1.165, 1.54) is 31.2 Å². The molecule has 2 aromatic rings. The molecule has 1 heterocycles. The Morgan fingerprint density at radius 3 is 2.70 bits per heavy atom. The van der Waals surface area contributed by atoms with Crippen molar-refractivity contribution < 1.29 is 22.3 Å². The van der Waals surface area contributed by atoms with Gasteiger partial charge in [-0.3, -0.25) is 0 Å². The van der Waals surface area contributed by atoms with E-state index in [2.05, 4.69) is 4.72 Å². The van der Waals surface area contributed by atoms with Gasteiger partial charge in [-0.05, 0) is 24.6 Å². The molecule has 0 radical (unpaired) electrons. The molecule has 0 aliphatic heterocycles. The van der Waals surface area contributed by atoms with E-state index in [1.807, 2.05) is 0 Å². The minimum Gasteiger partial charge on any atom is -0.462 e. The van der Waals surface area contributed by atoms with E-state index in [9.17, 15) is 12.8 Å². The Kier molecular flexibility index (Phi) is 4.22. The zero-order chi connectivity index (χ0) is 14.8. The summed E-state index contributed by atoms with van der Waals surface area (Å²) >= 11 is 0. The first kappa shape index (κ1) is 14.7. The molecule has 2 N–H and O–H groups in total. The van der Waals surface area contributed by atoms with Crippen molar-refractivity contribution in [3.63, 3.8) is 0 Å². The Bertz CT molecular complexity index is 709. The number of aliphatic hydroxyl groups is 1. The molecular formula is C13H14FNO4S. The highest BCUT2D eigenvalue weighted by molar-refractivity contribution is 7.89. The van der Waals surface area contributed by atoms with Crippen LogP contribution in [0.2, 0.25) is 0 Å². The summed E-state index contributed by atoms with van der Waals surface area (Å²) in [5.41, 5.74) is 0.511. The van der Waals surface area contributed by atoms with Gasteiger partial charge >= 0.3 is 0 Å². The van der Waals surface area contributed by atoms with Gasteiger partial charge in [0.1, 0.15) is 28.8 Å². The van der Waals surface area contributed by atoms with E-state index >= 15 is 0 Å². The number of aliphatic hydroxyl groups excluding tert-OH is 1. The van der Waals surface area contributed by atoms with Crippen LogP contribution >= 0.6 is 0 Å². The first-order valence-electron chi connectivity index (χ1n) is 5.86. The van der Waals surface area contributed by atoms with Gasteiger partial charge in [0.2, 0.25) is 10.0 Å². The molecule has 0 saturated carbocycles. The summed E-state index contributed by atoms with van der Waals surface area (Å²) < 4.78 is 44.6. The lowest BCUT2D eigenvalue weighted by molar-refractivity contribution is 0.244. The van der Waals surface area contributed by atoms with Gasteiger partial charge in [0.15, 0.2) is 0 Å². The fourth-order valence-corrected chi connectivity index (χ4v) is 2.99. The summed E-state index contributed by atoms with van der Waals surface area (Å²) in [4.78, 5) is -0.0297. The zero-order valence-corrected chi connectivity index (χ0v) is 11.6. The monoisotopic (exact) mass is 299 g/mol. The lowest BCUT2D eigenvalue weighted by atomic mass is 10.2. The molecule has 0 unspecified atom stereocenters. The minimum absolute atomic E-state index is 0.0286. The van der Waals surface area contributed by atoms with Crippen LogP contribution in [-0.4, -0.2) is 13.5 Å². The van der Waals surface area contributed by atoms with E-state index in [0.29, 0.717) is 5.56 Å². The van der Waals surface area contributed by atoms with Crippen LogP contribution in [0.5, 0.6) is 0 Å². The first-order valence-corrected chi connectivity index (χ1v) is 7.35. The second-order valence-electron chi connectivity index (χ2n) is 4.25. The quantitative estimate of drug-likeness (QED) is 0.880. The molecule has 0 saturated heterocycles. The number of rotatable bonds is 5. The minimum atomic E-state index is -3.77. The third-order valence-electron chi connectivity index (χ3n) is 2.72. The Labute approximate surface area is 116 Å². The van der Waals surface area contributed by atoms with E-state index in [-0.39, 0.29) is 29.6 Å². The molecule has 0 aliphatic carbocycles. The third-order valence-corrected chi connectivity index (χ3v) is 4.23. The maximum absolute atomic E-state index is 13.0. The highest BCUT2D eigenvalue weighted by Gasteiger charge is 2.20. The fourth-order valence-electron chi connectivity index (χ4n) is 1.77. The molecule has 0 fully saturated rings. The molecule has 1 aromatic heterocycles. The van der Waals surface area contributed by atoms with Gasteiger partial charge in [0.25, 0.3) is 0 Å². The van der Waals surface area contributed by atoms with Crippen LogP contribution in [0.3, 0.4) is 0 Å². The molecule has 0 spiro atoms. The van der Waals surface area contributed by atoms with Gasteiger partial charge in [0, 0.05) is 12.6 Å². The van der Waals surface area contributed by atoms with Gasteiger partial charge in [-0.1, -0.05) is 12.1 Å². The number of nitrogens with one attached hydrogen (secondary N) is 1. The van der Waals surface area contributed by atoms with Crippen LogP contribution in [-0.2, 0) is 23.2 Å². The lowest BCUT2D eigenvalue weighted by Crippen LogP contribution is -2.23. The predicted octanol–water partition coefficient (Wildman–Crippen LogP) is 1.70. The molecular weight excluding hydrogens is 285 g/mol. The summed E-state index contributed by atoms with van der Waals surface area (Å²) in [5.74, 6) is -0.0572. The molecule has 2 rings (SSSR count). The normalized spacial score (nSPS) is 11.8. The van der Waals surface area contributed by atoms with Crippen LogP contribution in [0.1, 0.15) is 17.1 Å². The molecule has 0 amide bonds. The number of hydrogen-bond donors (Lipinski definition) is 2. The molecule has 0 atom stereocenters. The summed E-state index contributed by atoms with van der Waals surface area (Å²) in [6, 6.07) is 6.93. The number of sulfonamides is 1. The molecule has 0 aliphatic rings. The maximum Gasteiger partial charge on any atom is 0.244 e. The van der Waals surface area contributed by atoms with E-state index in [4.69, 9.17) is 9.52 Å². The summed E-state index contributed by atoms with van der Waals surface area (Å²) in [6.07, 6.45) is 0. The van der Waals surface area contributed by atoms with E-state index < -0.39 is 15.8 Å². The average molecular weight is 299 g/mol. The summed E-state index contributed by atoms with van der Waals surface area (Å²) in [7, 11) is -3.77. The Hall–Kier alpha value is -1.70. The number of benzene rings is 1. The molecule has 5 nitrogen and oxygen atoms in total. The van der Waals surface area contributed by atoms with Crippen LogP contribution in [0.4, 0.5) is 4.39 Å². The Balaban J connectivity index is 2.17. The van der Waals surface area contributed by atoms with Gasteiger partial charge in [-0.2, -0.15) is 0 Å².